The molecule has 6 nitrogen and oxygen atoms in total. The summed E-state index contributed by atoms with van der Waals surface area (Å²) in [5.74, 6) is -0.0617. The van der Waals surface area contributed by atoms with Crippen LogP contribution in [0.2, 0.25) is 0 Å². The quantitative estimate of drug-likeness (QED) is 0.634. The van der Waals surface area contributed by atoms with Crippen LogP contribution in [0.5, 0.6) is 0 Å². The first-order valence-electron chi connectivity index (χ1n) is 8.43. The predicted molar refractivity (Wildman–Crippen MR) is 103 cm³/mol. The molecule has 0 atom stereocenters. The summed E-state index contributed by atoms with van der Waals surface area (Å²) in [5, 5.41) is 7.35. The molecule has 0 aliphatic heterocycles. The van der Waals surface area contributed by atoms with E-state index in [0.717, 1.165) is 28.8 Å². The third-order valence-electron chi connectivity index (χ3n) is 3.97. The van der Waals surface area contributed by atoms with Crippen LogP contribution in [-0.2, 0) is 11.3 Å². The number of hydrogen-bond donors (Lipinski definition) is 2. The van der Waals surface area contributed by atoms with Gasteiger partial charge in [0.15, 0.2) is 0 Å². The Morgan fingerprint density at radius 2 is 1.62 bits per heavy atom. The van der Waals surface area contributed by atoms with E-state index < -0.39 is 0 Å². The van der Waals surface area contributed by atoms with Gasteiger partial charge in [-0.1, -0.05) is 60.7 Å². The fourth-order valence-electron chi connectivity index (χ4n) is 2.76. The zero-order valence-electron chi connectivity index (χ0n) is 14.6. The highest BCUT2D eigenvalue weighted by Gasteiger charge is 2.16. The van der Waals surface area contributed by atoms with E-state index in [9.17, 15) is 4.79 Å². The zero-order valence-corrected chi connectivity index (χ0v) is 14.6. The fourth-order valence-corrected chi connectivity index (χ4v) is 2.76. The first kappa shape index (κ1) is 19.4. The smallest absolute Gasteiger partial charge is 0.241 e. The molecule has 0 fully saturated rings. The van der Waals surface area contributed by atoms with Crippen molar-refractivity contribution < 1.29 is 10.3 Å². The standard InChI is InChI=1S/C20H22N4O.H2O/c21-12-7-13-22-19(25)15-24-20(17-10-5-2-6-11-17)18(14-23-24)16-8-3-1-4-9-16;/h1-6,8-11,14H,7,12-13,15,21H2,(H,22,25);1H2. The highest BCUT2D eigenvalue weighted by atomic mass is 16.2. The van der Waals surface area contributed by atoms with Crippen molar-refractivity contribution in [2.75, 3.05) is 13.1 Å². The van der Waals surface area contributed by atoms with Crippen molar-refractivity contribution in [3.05, 3.63) is 66.9 Å². The Morgan fingerprint density at radius 3 is 2.23 bits per heavy atom. The Bertz CT molecular complexity index is 816. The first-order valence-corrected chi connectivity index (χ1v) is 8.43. The molecule has 3 aromatic rings. The van der Waals surface area contributed by atoms with E-state index in [2.05, 4.69) is 22.5 Å². The van der Waals surface area contributed by atoms with Crippen LogP contribution in [0.3, 0.4) is 0 Å². The van der Waals surface area contributed by atoms with Gasteiger partial charge >= 0.3 is 0 Å². The molecule has 1 aromatic heterocycles. The first-order chi connectivity index (χ1) is 12.3. The van der Waals surface area contributed by atoms with Crippen LogP contribution in [0.15, 0.2) is 66.9 Å². The summed E-state index contributed by atoms with van der Waals surface area (Å²) in [6.45, 7) is 1.33. The van der Waals surface area contributed by atoms with Crippen LogP contribution in [0, 0.1) is 0 Å². The van der Waals surface area contributed by atoms with Crippen LogP contribution < -0.4 is 11.1 Å². The van der Waals surface area contributed by atoms with Gasteiger partial charge in [0, 0.05) is 17.7 Å². The highest BCUT2D eigenvalue weighted by Crippen LogP contribution is 2.31. The molecule has 0 aliphatic rings. The average molecular weight is 352 g/mol. The lowest BCUT2D eigenvalue weighted by Crippen LogP contribution is -2.30. The van der Waals surface area contributed by atoms with Crippen LogP contribution >= 0.6 is 0 Å². The largest absolute Gasteiger partial charge is 0.412 e. The summed E-state index contributed by atoms with van der Waals surface area (Å²) in [7, 11) is 0. The third kappa shape index (κ3) is 4.56. The molecule has 6 heteroatoms. The lowest BCUT2D eigenvalue weighted by molar-refractivity contribution is -0.121. The normalized spacial score (nSPS) is 10.2. The fraction of sp³-hybridized carbons (Fsp3) is 0.200. The topological polar surface area (TPSA) is 104 Å². The molecule has 2 aromatic carbocycles. The molecular formula is C20H24N4O2. The van der Waals surface area contributed by atoms with E-state index in [-0.39, 0.29) is 17.9 Å². The molecular weight excluding hydrogens is 328 g/mol. The van der Waals surface area contributed by atoms with Crippen LogP contribution in [0.4, 0.5) is 0 Å². The van der Waals surface area contributed by atoms with Gasteiger partial charge in [-0.2, -0.15) is 5.10 Å². The summed E-state index contributed by atoms with van der Waals surface area (Å²) in [4.78, 5) is 12.2. The van der Waals surface area contributed by atoms with Gasteiger partial charge in [-0.05, 0) is 18.5 Å². The lowest BCUT2D eigenvalue weighted by Gasteiger charge is -2.11. The summed E-state index contributed by atoms with van der Waals surface area (Å²) in [5.41, 5.74) is 9.54. The van der Waals surface area contributed by atoms with E-state index in [4.69, 9.17) is 5.73 Å². The number of hydrogen-bond acceptors (Lipinski definition) is 3. The van der Waals surface area contributed by atoms with Gasteiger partial charge < -0.3 is 16.5 Å². The number of carbonyl (C=O) groups excluding carboxylic acids is 1. The number of nitrogens with two attached hydrogens (primary N) is 1. The molecule has 0 aliphatic carbocycles. The second kappa shape index (κ2) is 9.50. The van der Waals surface area contributed by atoms with Gasteiger partial charge in [0.05, 0.1) is 11.9 Å². The average Bonchev–Trinajstić information content (AvgIpc) is 3.07. The second-order valence-electron chi connectivity index (χ2n) is 5.79. The van der Waals surface area contributed by atoms with Gasteiger partial charge in [0.25, 0.3) is 0 Å². The minimum Gasteiger partial charge on any atom is -0.412 e. The molecule has 0 saturated carbocycles. The van der Waals surface area contributed by atoms with E-state index in [0.29, 0.717) is 13.1 Å². The molecule has 26 heavy (non-hydrogen) atoms. The molecule has 1 amide bonds. The second-order valence-corrected chi connectivity index (χ2v) is 5.79. The lowest BCUT2D eigenvalue weighted by atomic mass is 10.0. The number of nitrogens with one attached hydrogen (secondary N) is 1. The monoisotopic (exact) mass is 352 g/mol. The Morgan fingerprint density at radius 1 is 1.00 bits per heavy atom. The zero-order chi connectivity index (χ0) is 17.5. The summed E-state index contributed by atoms with van der Waals surface area (Å²) >= 11 is 0. The van der Waals surface area contributed by atoms with Gasteiger partial charge in [-0.3, -0.25) is 9.48 Å². The van der Waals surface area contributed by atoms with Crippen LogP contribution in [0.25, 0.3) is 22.4 Å². The Kier molecular flexibility index (Phi) is 7.08. The number of nitrogens with zero attached hydrogens (tertiary/aromatic N) is 2. The van der Waals surface area contributed by atoms with Gasteiger partial charge in [0.2, 0.25) is 5.91 Å². The van der Waals surface area contributed by atoms with Crippen molar-refractivity contribution in [3.8, 4) is 22.4 Å². The number of amides is 1. The summed E-state index contributed by atoms with van der Waals surface area (Å²) in [6.07, 6.45) is 2.59. The van der Waals surface area contributed by atoms with Crippen molar-refractivity contribution in [2.45, 2.75) is 13.0 Å². The summed E-state index contributed by atoms with van der Waals surface area (Å²) in [6, 6.07) is 20.1. The molecule has 0 unspecified atom stereocenters. The molecule has 0 bridgehead atoms. The minimum atomic E-state index is -0.0617. The SMILES string of the molecule is NCCCNC(=O)Cn1ncc(-c2ccccc2)c1-c1ccccc1.O. The Hall–Kier alpha value is -2.96. The molecule has 0 saturated heterocycles. The molecule has 3 rings (SSSR count). The van der Waals surface area contributed by atoms with Crippen LogP contribution in [0.1, 0.15) is 6.42 Å². The Labute approximate surface area is 153 Å². The molecule has 1 heterocycles. The Balaban J connectivity index is 0.00000243. The molecule has 136 valence electrons. The van der Waals surface area contributed by atoms with E-state index >= 15 is 0 Å². The summed E-state index contributed by atoms with van der Waals surface area (Å²) < 4.78 is 1.76. The minimum absolute atomic E-state index is 0. The predicted octanol–water partition coefficient (Wildman–Crippen LogP) is 1.86. The van der Waals surface area contributed by atoms with Gasteiger partial charge in [-0.15, -0.1) is 0 Å². The van der Waals surface area contributed by atoms with E-state index in [1.54, 1.807) is 4.68 Å². The highest BCUT2D eigenvalue weighted by molar-refractivity contribution is 5.82. The van der Waals surface area contributed by atoms with Crippen molar-refractivity contribution in [2.24, 2.45) is 5.73 Å². The maximum absolute atomic E-state index is 12.2. The number of carbonyl (C=O) groups is 1. The van der Waals surface area contributed by atoms with Crippen molar-refractivity contribution in [3.63, 3.8) is 0 Å². The third-order valence-corrected chi connectivity index (χ3v) is 3.97. The molecule has 0 radical (unpaired) electrons. The molecule has 5 N–H and O–H groups in total. The van der Waals surface area contributed by atoms with E-state index in [1.165, 1.54) is 0 Å². The van der Waals surface area contributed by atoms with Gasteiger partial charge in [-0.25, -0.2) is 0 Å². The number of aromatic nitrogens is 2. The van der Waals surface area contributed by atoms with Crippen molar-refractivity contribution >= 4 is 5.91 Å². The molecule has 0 spiro atoms. The van der Waals surface area contributed by atoms with E-state index in [1.807, 2.05) is 54.7 Å². The van der Waals surface area contributed by atoms with Gasteiger partial charge in [0.1, 0.15) is 6.54 Å². The van der Waals surface area contributed by atoms with Crippen LogP contribution in [-0.4, -0.2) is 34.3 Å². The maximum Gasteiger partial charge on any atom is 0.241 e. The van der Waals surface area contributed by atoms with Crippen molar-refractivity contribution in [1.82, 2.24) is 15.1 Å². The maximum atomic E-state index is 12.2. The number of benzene rings is 2. The number of rotatable bonds is 7. The van der Waals surface area contributed by atoms with Crippen molar-refractivity contribution in [1.29, 1.82) is 0 Å².